The minimum Gasteiger partial charge on any atom is -0.352 e. The number of benzene rings is 2. The van der Waals surface area contributed by atoms with E-state index in [1.165, 1.54) is 0 Å². The molecule has 1 aliphatic rings. The van der Waals surface area contributed by atoms with Gasteiger partial charge in [-0.25, -0.2) is 4.68 Å². The van der Waals surface area contributed by atoms with Gasteiger partial charge in [-0.15, -0.1) is 12.4 Å². The van der Waals surface area contributed by atoms with Crippen LogP contribution < -0.4 is 11.1 Å². The molecule has 2 aromatic carbocycles. The second-order valence-corrected chi connectivity index (χ2v) is 7.48. The smallest absolute Gasteiger partial charge is 0.220 e. The number of para-hydroxylation sites is 1. The zero-order chi connectivity index (χ0) is 19.3. The molecule has 3 aromatic rings. The molecule has 0 bridgehead atoms. The fourth-order valence-corrected chi connectivity index (χ4v) is 3.91. The maximum Gasteiger partial charge on any atom is 0.220 e. The quantitative estimate of drug-likeness (QED) is 0.642. The van der Waals surface area contributed by atoms with Crippen LogP contribution in [0.1, 0.15) is 31.2 Å². The van der Waals surface area contributed by atoms with Gasteiger partial charge in [0.15, 0.2) is 0 Å². The highest BCUT2D eigenvalue weighted by atomic mass is 35.5. The first-order chi connectivity index (χ1) is 13.7. The minimum absolute atomic E-state index is 0. The number of rotatable bonds is 6. The van der Waals surface area contributed by atoms with E-state index in [2.05, 4.69) is 5.32 Å². The second kappa shape index (κ2) is 9.72. The van der Waals surface area contributed by atoms with Crippen LogP contribution in [0, 0.1) is 5.92 Å². The Bertz CT molecular complexity index is 927. The van der Waals surface area contributed by atoms with E-state index < -0.39 is 0 Å². The van der Waals surface area contributed by atoms with E-state index in [0.29, 0.717) is 18.9 Å². The summed E-state index contributed by atoms with van der Waals surface area (Å²) in [5.74, 6) is 0.370. The average Bonchev–Trinajstić information content (AvgIpc) is 3.34. The van der Waals surface area contributed by atoms with Crippen LogP contribution in [0.5, 0.6) is 0 Å². The summed E-state index contributed by atoms with van der Waals surface area (Å²) in [5.41, 5.74) is 10.0. The number of halogens is 1. The van der Waals surface area contributed by atoms with Gasteiger partial charge in [0.25, 0.3) is 0 Å². The molecule has 1 amide bonds. The summed E-state index contributed by atoms with van der Waals surface area (Å²) in [7, 11) is 0. The van der Waals surface area contributed by atoms with Gasteiger partial charge in [-0.3, -0.25) is 4.79 Å². The van der Waals surface area contributed by atoms with E-state index in [1.807, 2.05) is 71.5 Å². The third kappa shape index (κ3) is 5.05. The number of nitrogens with two attached hydrogens (primary N) is 1. The predicted octanol–water partition coefficient (Wildman–Crippen LogP) is 4.09. The topological polar surface area (TPSA) is 72.9 Å². The van der Waals surface area contributed by atoms with Gasteiger partial charge in [-0.2, -0.15) is 5.10 Å². The Balaban J connectivity index is 0.00000240. The normalized spacial score (nSPS) is 18.2. The van der Waals surface area contributed by atoms with Crippen molar-refractivity contribution in [3.05, 3.63) is 72.4 Å². The van der Waals surface area contributed by atoms with Crippen molar-refractivity contribution < 1.29 is 4.79 Å². The van der Waals surface area contributed by atoms with Crippen molar-refractivity contribution in [3.63, 3.8) is 0 Å². The van der Waals surface area contributed by atoms with Gasteiger partial charge in [-0.1, -0.05) is 55.0 Å². The SMILES string of the molecule is Cl.N[C@@H]1CCC[C@H]1CC(=O)NCc1cn(-c2ccccc2)nc1-c1ccccc1. The summed E-state index contributed by atoms with van der Waals surface area (Å²) >= 11 is 0. The number of carbonyl (C=O) groups excluding carboxylic acids is 1. The molecular formula is C23H27ClN4O. The van der Waals surface area contributed by atoms with Crippen LogP contribution in [0.25, 0.3) is 16.9 Å². The van der Waals surface area contributed by atoms with E-state index in [4.69, 9.17) is 10.8 Å². The molecule has 0 aliphatic heterocycles. The fraction of sp³-hybridized carbons (Fsp3) is 0.304. The number of aromatic nitrogens is 2. The molecule has 5 nitrogen and oxygen atoms in total. The van der Waals surface area contributed by atoms with Crippen LogP contribution in [0.3, 0.4) is 0 Å². The van der Waals surface area contributed by atoms with Gasteiger partial charge in [0.1, 0.15) is 0 Å². The van der Waals surface area contributed by atoms with E-state index in [-0.39, 0.29) is 24.4 Å². The van der Waals surface area contributed by atoms with Gasteiger partial charge in [0, 0.05) is 36.3 Å². The van der Waals surface area contributed by atoms with Gasteiger partial charge in [0.2, 0.25) is 5.91 Å². The summed E-state index contributed by atoms with van der Waals surface area (Å²) in [5, 5.41) is 7.86. The molecule has 0 saturated heterocycles. The highest BCUT2D eigenvalue weighted by Gasteiger charge is 2.26. The monoisotopic (exact) mass is 410 g/mol. The van der Waals surface area contributed by atoms with Crippen LogP contribution in [0.2, 0.25) is 0 Å². The second-order valence-electron chi connectivity index (χ2n) is 7.48. The van der Waals surface area contributed by atoms with Gasteiger partial charge >= 0.3 is 0 Å². The van der Waals surface area contributed by atoms with Crippen molar-refractivity contribution in [2.75, 3.05) is 0 Å². The number of hydrogen-bond donors (Lipinski definition) is 2. The molecule has 1 heterocycles. The van der Waals surface area contributed by atoms with Gasteiger partial charge < -0.3 is 11.1 Å². The largest absolute Gasteiger partial charge is 0.352 e. The molecule has 2 atom stereocenters. The lowest BCUT2D eigenvalue weighted by Crippen LogP contribution is -2.31. The molecule has 0 unspecified atom stereocenters. The molecule has 1 aliphatic carbocycles. The standard InChI is InChI=1S/C23H26N4O.ClH/c24-21-13-7-10-18(21)14-22(28)25-15-19-16-27(20-11-5-2-6-12-20)26-23(19)17-8-3-1-4-9-17;/h1-6,8-9,11-12,16,18,21H,7,10,13-15,24H2,(H,25,28);1H/t18-,21+;/m0./s1. The van der Waals surface area contributed by atoms with Gasteiger partial charge in [0.05, 0.1) is 11.4 Å². The average molecular weight is 411 g/mol. The Morgan fingerprint density at radius 2 is 1.76 bits per heavy atom. The fourth-order valence-electron chi connectivity index (χ4n) is 3.91. The summed E-state index contributed by atoms with van der Waals surface area (Å²) in [6.07, 6.45) is 5.71. The third-order valence-electron chi connectivity index (χ3n) is 5.50. The van der Waals surface area contributed by atoms with Crippen molar-refractivity contribution in [2.24, 2.45) is 11.7 Å². The lowest BCUT2D eigenvalue weighted by Gasteiger charge is -2.14. The Kier molecular flexibility index (Phi) is 7.07. The number of carbonyl (C=O) groups is 1. The molecule has 29 heavy (non-hydrogen) atoms. The number of nitrogens with one attached hydrogen (secondary N) is 1. The van der Waals surface area contributed by atoms with Crippen molar-refractivity contribution in [3.8, 4) is 16.9 Å². The van der Waals surface area contributed by atoms with Crippen LogP contribution in [0.4, 0.5) is 0 Å². The Morgan fingerprint density at radius 3 is 2.41 bits per heavy atom. The van der Waals surface area contributed by atoms with E-state index in [1.54, 1.807) is 0 Å². The Morgan fingerprint density at radius 1 is 1.07 bits per heavy atom. The maximum absolute atomic E-state index is 12.4. The number of amides is 1. The highest BCUT2D eigenvalue weighted by molar-refractivity contribution is 5.85. The molecule has 1 fully saturated rings. The summed E-state index contributed by atoms with van der Waals surface area (Å²) in [6.45, 7) is 0.456. The molecular weight excluding hydrogens is 384 g/mol. The molecule has 1 aromatic heterocycles. The summed E-state index contributed by atoms with van der Waals surface area (Å²) in [6, 6.07) is 20.2. The van der Waals surface area contributed by atoms with E-state index >= 15 is 0 Å². The van der Waals surface area contributed by atoms with E-state index in [0.717, 1.165) is 41.8 Å². The molecule has 1 saturated carbocycles. The molecule has 0 spiro atoms. The third-order valence-corrected chi connectivity index (χ3v) is 5.50. The highest BCUT2D eigenvalue weighted by Crippen LogP contribution is 2.27. The van der Waals surface area contributed by atoms with Crippen LogP contribution >= 0.6 is 12.4 Å². The Hall–Kier alpha value is -2.63. The molecule has 4 rings (SSSR count). The van der Waals surface area contributed by atoms with Gasteiger partial charge in [-0.05, 0) is 30.9 Å². The van der Waals surface area contributed by atoms with Crippen molar-refractivity contribution in [1.82, 2.24) is 15.1 Å². The zero-order valence-electron chi connectivity index (χ0n) is 16.3. The van der Waals surface area contributed by atoms with Crippen LogP contribution in [0.15, 0.2) is 66.9 Å². The van der Waals surface area contributed by atoms with Crippen molar-refractivity contribution in [1.29, 1.82) is 0 Å². The molecule has 6 heteroatoms. The molecule has 152 valence electrons. The maximum atomic E-state index is 12.4. The first-order valence-corrected chi connectivity index (χ1v) is 9.92. The summed E-state index contributed by atoms with van der Waals surface area (Å²) < 4.78 is 1.87. The lowest BCUT2D eigenvalue weighted by atomic mass is 10.00. The number of hydrogen-bond acceptors (Lipinski definition) is 3. The zero-order valence-corrected chi connectivity index (χ0v) is 17.1. The van der Waals surface area contributed by atoms with E-state index in [9.17, 15) is 4.79 Å². The lowest BCUT2D eigenvalue weighted by molar-refractivity contribution is -0.122. The first kappa shape index (κ1) is 21.1. The van der Waals surface area contributed by atoms with Crippen molar-refractivity contribution in [2.45, 2.75) is 38.3 Å². The van der Waals surface area contributed by atoms with Crippen LogP contribution in [-0.4, -0.2) is 21.7 Å². The summed E-state index contributed by atoms with van der Waals surface area (Å²) in [4.78, 5) is 12.4. The minimum atomic E-state index is 0. The van der Waals surface area contributed by atoms with Crippen LogP contribution in [-0.2, 0) is 11.3 Å². The molecule has 0 radical (unpaired) electrons. The predicted molar refractivity (Wildman–Crippen MR) is 118 cm³/mol. The Labute approximate surface area is 177 Å². The number of nitrogens with zero attached hydrogens (tertiary/aromatic N) is 2. The first-order valence-electron chi connectivity index (χ1n) is 9.92. The van der Waals surface area contributed by atoms with Crippen molar-refractivity contribution >= 4 is 18.3 Å². The molecule has 3 N–H and O–H groups in total.